The molecule has 10 nitrogen and oxygen atoms in total. The number of carbonyl (C=O) groups excluding carboxylic acids is 2. The number of amides is 2. The lowest BCUT2D eigenvalue weighted by molar-refractivity contribution is -0.384. The van der Waals surface area contributed by atoms with Crippen molar-refractivity contribution in [2.24, 2.45) is 5.73 Å². The zero-order valence-electron chi connectivity index (χ0n) is 11.2. The summed E-state index contributed by atoms with van der Waals surface area (Å²) in [6.45, 7) is 0.612. The van der Waals surface area contributed by atoms with Gasteiger partial charge >= 0.3 is 5.97 Å². The van der Waals surface area contributed by atoms with Gasteiger partial charge in [-0.3, -0.25) is 24.5 Å². The van der Waals surface area contributed by atoms with Gasteiger partial charge in [0.25, 0.3) is 11.6 Å². The van der Waals surface area contributed by atoms with Crippen LogP contribution in [0.25, 0.3) is 0 Å². The number of carbonyl (C=O) groups is 3. The maximum absolute atomic E-state index is 12.2. The molecule has 10 heteroatoms. The fourth-order valence-electron chi connectivity index (χ4n) is 1.75. The molecule has 0 aromatic carbocycles. The highest BCUT2D eigenvalue weighted by atomic mass is 16.6. The molecular weight excluding hydrogens is 284 g/mol. The lowest BCUT2D eigenvalue weighted by Crippen LogP contribution is -2.42. The van der Waals surface area contributed by atoms with Crippen LogP contribution in [0.4, 0.5) is 5.69 Å². The van der Waals surface area contributed by atoms with Crippen LogP contribution in [0.15, 0.2) is 12.3 Å². The summed E-state index contributed by atoms with van der Waals surface area (Å²) in [4.78, 5) is 44.7. The Bertz CT molecular complexity index is 578. The molecule has 2 amide bonds. The van der Waals surface area contributed by atoms with Crippen LogP contribution in [0, 0.1) is 10.1 Å². The van der Waals surface area contributed by atoms with Gasteiger partial charge in [0.05, 0.1) is 11.1 Å². The molecule has 0 spiro atoms. The zero-order valence-corrected chi connectivity index (χ0v) is 11.2. The summed E-state index contributed by atoms with van der Waals surface area (Å²) < 4.78 is 1.30. The standard InChI is InChI=1S/C11H14N4O6/c1-2-13-4-7(15(20)21)3-8(13)11(19)14(5-9(12)16)6-10(17)18/h3-4H,2,5-6H2,1H3,(H2,12,16)(H,17,18). The Morgan fingerprint density at radius 2 is 2.05 bits per heavy atom. The van der Waals surface area contributed by atoms with E-state index in [4.69, 9.17) is 10.8 Å². The second-order valence-corrected chi connectivity index (χ2v) is 4.15. The van der Waals surface area contributed by atoms with Gasteiger partial charge in [-0.25, -0.2) is 0 Å². The van der Waals surface area contributed by atoms with Gasteiger partial charge in [-0.15, -0.1) is 0 Å². The molecule has 1 aromatic rings. The van der Waals surface area contributed by atoms with Gasteiger partial charge in [0.15, 0.2) is 0 Å². The third kappa shape index (κ3) is 4.03. The van der Waals surface area contributed by atoms with Gasteiger partial charge in [0.2, 0.25) is 5.91 Å². The van der Waals surface area contributed by atoms with Crippen molar-refractivity contribution in [3.05, 3.63) is 28.1 Å². The number of nitrogens with two attached hydrogens (primary N) is 1. The van der Waals surface area contributed by atoms with E-state index >= 15 is 0 Å². The molecule has 0 unspecified atom stereocenters. The third-order valence-corrected chi connectivity index (χ3v) is 2.61. The predicted molar refractivity (Wildman–Crippen MR) is 69.5 cm³/mol. The van der Waals surface area contributed by atoms with E-state index in [1.807, 2.05) is 0 Å². The molecule has 1 heterocycles. The number of hydrogen-bond donors (Lipinski definition) is 2. The lowest BCUT2D eigenvalue weighted by atomic mass is 10.3. The van der Waals surface area contributed by atoms with Crippen LogP contribution in [0.1, 0.15) is 17.4 Å². The highest BCUT2D eigenvalue weighted by Crippen LogP contribution is 2.18. The van der Waals surface area contributed by atoms with Gasteiger partial charge in [-0.2, -0.15) is 0 Å². The van der Waals surface area contributed by atoms with Crippen LogP contribution in [-0.2, 0) is 16.1 Å². The van der Waals surface area contributed by atoms with Gasteiger partial charge in [0, 0.05) is 12.6 Å². The zero-order chi connectivity index (χ0) is 16.2. The number of primary amides is 1. The van der Waals surface area contributed by atoms with Crippen LogP contribution in [-0.4, -0.2) is 50.4 Å². The van der Waals surface area contributed by atoms with E-state index in [1.165, 1.54) is 4.57 Å². The average molecular weight is 298 g/mol. The molecule has 1 rings (SSSR count). The summed E-state index contributed by atoms with van der Waals surface area (Å²) in [7, 11) is 0. The van der Waals surface area contributed by atoms with Crippen molar-refractivity contribution in [1.82, 2.24) is 9.47 Å². The smallest absolute Gasteiger partial charge is 0.323 e. The molecular formula is C11H14N4O6. The number of rotatable bonds is 7. The number of aryl methyl sites for hydroxylation is 1. The maximum Gasteiger partial charge on any atom is 0.323 e. The molecule has 114 valence electrons. The van der Waals surface area contributed by atoms with E-state index in [2.05, 4.69) is 0 Å². The number of carboxylic acid groups (broad SMARTS) is 1. The molecule has 1 aromatic heterocycles. The number of carboxylic acids is 1. The Labute approximate surface area is 118 Å². The van der Waals surface area contributed by atoms with Gasteiger partial charge in [-0.05, 0) is 6.92 Å². The van der Waals surface area contributed by atoms with E-state index in [9.17, 15) is 24.5 Å². The highest BCUT2D eigenvalue weighted by molar-refractivity contribution is 5.97. The summed E-state index contributed by atoms with van der Waals surface area (Å²) >= 11 is 0. The maximum atomic E-state index is 12.2. The van der Waals surface area contributed by atoms with Crippen molar-refractivity contribution in [1.29, 1.82) is 0 Å². The Hall–Kier alpha value is -2.91. The van der Waals surface area contributed by atoms with E-state index in [1.54, 1.807) is 6.92 Å². The minimum Gasteiger partial charge on any atom is -0.480 e. The average Bonchev–Trinajstić information content (AvgIpc) is 2.80. The third-order valence-electron chi connectivity index (χ3n) is 2.61. The molecule has 21 heavy (non-hydrogen) atoms. The van der Waals surface area contributed by atoms with Gasteiger partial charge in [-0.1, -0.05) is 0 Å². The van der Waals surface area contributed by atoms with Gasteiger partial charge < -0.3 is 20.3 Å². The second-order valence-electron chi connectivity index (χ2n) is 4.15. The molecule has 0 radical (unpaired) electrons. The number of hydrogen-bond acceptors (Lipinski definition) is 5. The number of aromatic nitrogens is 1. The van der Waals surface area contributed by atoms with Crippen LogP contribution in [0.3, 0.4) is 0 Å². The number of nitro groups is 1. The fraction of sp³-hybridized carbons (Fsp3) is 0.364. The lowest BCUT2D eigenvalue weighted by Gasteiger charge is -2.19. The summed E-state index contributed by atoms with van der Waals surface area (Å²) in [6.07, 6.45) is 1.16. The van der Waals surface area contributed by atoms with Crippen molar-refractivity contribution in [2.45, 2.75) is 13.5 Å². The summed E-state index contributed by atoms with van der Waals surface area (Å²) in [5, 5.41) is 19.5. The topological polar surface area (TPSA) is 149 Å². The molecule has 0 fully saturated rings. The first kappa shape index (κ1) is 16.1. The van der Waals surface area contributed by atoms with E-state index in [-0.39, 0.29) is 17.9 Å². The first-order valence-electron chi connectivity index (χ1n) is 5.90. The van der Waals surface area contributed by atoms with E-state index in [0.29, 0.717) is 0 Å². The quantitative estimate of drug-likeness (QED) is 0.508. The van der Waals surface area contributed by atoms with Crippen LogP contribution >= 0.6 is 0 Å². The summed E-state index contributed by atoms with van der Waals surface area (Å²) in [5.74, 6) is -3.02. The van der Waals surface area contributed by atoms with Crippen LogP contribution < -0.4 is 5.73 Å². The molecule has 0 aliphatic carbocycles. The predicted octanol–water partition coefficient (Wildman–Crippen LogP) is -0.572. The Morgan fingerprint density at radius 1 is 1.43 bits per heavy atom. The molecule has 0 aliphatic heterocycles. The van der Waals surface area contributed by atoms with Crippen molar-refractivity contribution in [3.63, 3.8) is 0 Å². The Balaban J connectivity index is 3.15. The minimum atomic E-state index is -1.33. The molecule has 3 N–H and O–H groups in total. The molecule has 0 bridgehead atoms. The monoisotopic (exact) mass is 298 g/mol. The summed E-state index contributed by atoms with van der Waals surface area (Å²) in [5.41, 5.74) is 4.59. The minimum absolute atomic E-state index is 0.0771. The molecule has 0 atom stereocenters. The van der Waals surface area contributed by atoms with E-state index in [0.717, 1.165) is 17.2 Å². The van der Waals surface area contributed by atoms with Crippen molar-refractivity contribution in [2.75, 3.05) is 13.1 Å². The normalized spacial score (nSPS) is 10.1. The second kappa shape index (κ2) is 6.50. The SMILES string of the molecule is CCn1cc([N+](=O)[O-])cc1C(=O)N(CC(N)=O)CC(=O)O. The first-order chi connectivity index (χ1) is 9.76. The first-order valence-corrected chi connectivity index (χ1v) is 5.90. The highest BCUT2D eigenvalue weighted by Gasteiger charge is 2.25. The van der Waals surface area contributed by atoms with Crippen LogP contribution in [0.2, 0.25) is 0 Å². The van der Waals surface area contributed by atoms with Crippen molar-refractivity contribution >= 4 is 23.5 Å². The number of aliphatic carboxylic acids is 1. The van der Waals surface area contributed by atoms with Gasteiger partial charge in [0.1, 0.15) is 18.8 Å². The molecule has 0 saturated carbocycles. The van der Waals surface area contributed by atoms with Crippen LogP contribution in [0.5, 0.6) is 0 Å². The molecule has 0 aliphatic rings. The van der Waals surface area contributed by atoms with Crippen molar-refractivity contribution < 1.29 is 24.4 Å². The largest absolute Gasteiger partial charge is 0.480 e. The molecule has 0 saturated heterocycles. The van der Waals surface area contributed by atoms with E-state index < -0.39 is 35.8 Å². The number of nitrogens with zero attached hydrogens (tertiary/aromatic N) is 3. The fourth-order valence-corrected chi connectivity index (χ4v) is 1.75. The summed E-state index contributed by atoms with van der Waals surface area (Å²) in [6, 6.07) is 1.03. The van der Waals surface area contributed by atoms with Crippen molar-refractivity contribution in [3.8, 4) is 0 Å². The Kier molecular flexibility index (Phi) is 5.00. The Morgan fingerprint density at radius 3 is 2.48 bits per heavy atom.